The van der Waals surface area contributed by atoms with Gasteiger partial charge in [-0.05, 0) is 42.1 Å². The lowest BCUT2D eigenvalue weighted by Crippen LogP contribution is -2.34. The molecule has 0 saturated carbocycles. The van der Waals surface area contributed by atoms with Gasteiger partial charge in [0.1, 0.15) is 0 Å². The molecule has 0 saturated heterocycles. The topological polar surface area (TPSA) is 82.1 Å². The summed E-state index contributed by atoms with van der Waals surface area (Å²) in [6.07, 6.45) is 0.309. The van der Waals surface area contributed by atoms with E-state index in [9.17, 15) is 14.7 Å². The first-order valence-electron chi connectivity index (χ1n) is 8.89. The number of rotatable bonds is 7. The lowest BCUT2D eigenvalue weighted by atomic mass is 9.79. The van der Waals surface area contributed by atoms with Crippen LogP contribution >= 0.6 is 11.3 Å². The molecule has 0 aliphatic rings. The van der Waals surface area contributed by atoms with Crippen LogP contribution in [0.25, 0.3) is 10.1 Å². The summed E-state index contributed by atoms with van der Waals surface area (Å²) in [7, 11) is 4.47. The van der Waals surface area contributed by atoms with Gasteiger partial charge in [-0.15, -0.1) is 11.3 Å². The largest absolute Gasteiger partial charge is 0.493 e. The number of esters is 1. The van der Waals surface area contributed by atoms with Crippen molar-refractivity contribution in [3.8, 4) is 11.5 Å². The molecule has 0 amide bonds. The number of ether oxygens (including phenoxy) is 3. The predicted octanol–water partition coefficient (Wildman–Crippen LogP) is 4.29. The highest BCUT2D eigenvalue weighted by Gasteiger charge is 2.36. The van der Waals surface area contributed by atoms with Gasteiger partial charge in [0.2, 0.25) is 0 Å². The summed E-state index contributed by atoms with van der Waals surface area (Å²) in [6, 6.07) is 12.3. The molecule has 0 bridgehead atoms. The van der Waals surface area contributed by atoms with Gasteiger partial charge in [-0.2, -0.15) is 0 Å². The summed E-state index contributed by atoms with van der Waals surface area (Å²) in [5.41, 5.74) is -0.153. The zero-order chi connectivity index (χ0) is 21.2. The third-order valence-corrected chi connectivity index (χ3v) is 6.11. The molecule has 1 aromatic heterocycles. The monoisotopic (exact) mass is 414 g/mol. The normalized spacial score (nSPS) is 13.0. The quantitative estimate of drug-likeness (QED) is 0.581. The van der Waals surface area contributed by atoms with E-state index in [0.29, 0.717) is 29.0 Å². The first-order chi connectivity index (χ1) is 13.8. The fraction of sp³-hybridized carbons (Fsp3) is 0.273. The smallest absolute Gasteiger partial charge is 0.337 e. The van der Waals surface area contributed by atoms with Crippen LogP contribution in [0.5, 0.6) is 11.5 Å². The minimum Gasteiger partial charge on any atom is -0.493 e. The molecule has 7 heteroatoms. The van der Waals surface area contributed by atoms with Gasteiger partial charge in [-0.1, -0.05) is 12.1 Å². The van der Waals surface area contributed by atoms with E-state index in [0.717, 1.165) is 15.0 Å². The van der Waals surface area contributed by atoms with Crippen LogP contribution in [0.2, 0.25) is 0 Å². The summed E-state index contributed by atoms with van der Waals surface area (Å²) >= 11 is 1.52. The van der Waals surface area contributed by atoms with Crippen molar-refractivity contribution in [3.05, 3.63) is 58.5 Å². The summed E-state index contributed by atoms with van der Waals surface area (Å²) in [6.45, 7) is 1.69. The Labute approximate surface area is 172 Å². The van der Waals surface area contributed by atoms with Crippen molar-refractivity contribution in [2.75, 3.05) is 21.3 Å². The van der Waals surface area contributed by atoms with Gasteiger partial charge >= 0.3 is 11.9 Å². The number of methoxy groups -OCH3 is 3. The molecule has 0 radical (unpaired) electrons. The third kappa shape index (κ3) is 3.91. The average Bonchev–Trinajstić information content (AvgIpc) is 3.12. The van der Waals surface area contributed by atoms with Crippen LogP contribution in [-0.2, 0) is 21.4 Å². The molecule has 0 aliphatic carbocycles. The zero-order valence-corrected chi connectivity index (χ0v) is 17.5. The summed E-state index contributed by atoms with van der Waals surface area (Å²) in [5.74, 6) is -0.131. The average molecular weight is 414 g/mol. The Balaban J connectivity index is 1.98. The number of hydrogen-bond donors (Lipinski definition) is 1. The van der Waals surface area contributed by atoms with Crippen molar-refractivity contribution in [2.24, 2.45) is 0 Å². The van der Waals surface area contributed by atoms with Crippen LogP contribution in [-0.4, -0.2) is 38.4 Å². The SMILES string of the molecule is COC(=O)c1ccc(C(C)(Cc2cc3cc(OC)c(OC)cc3s2)C(=O)O)cc1. The second-order valence-corrected chi connectivity index (χ2v) is 8.01. The van der Waals surface area contributed by atoms with Crippen molar-refractivity contribution in [1.82, 2.24) is 0 Å². The van der Waals surface area contributed by atoms with Gasteiger partial charge in [0.05, 0.1) is 32.3 Å². The maximum absolute atomic E-state index is 12.2. The molecule has 29 heavy (non-hydrogen) atoms. The highest BCUT2D eigenvalue weighted by molar-refractivity contribution is 7.19. The number of carbonyl (C=O) groups is 2. The van der Waals surface area contributed by atoms with Crippen LogP contribution in [0.4, 0.5) is 0 Å². The Morgan fingerprint density at radius 3 is 2.17 bits per heavy atom. The summed E-state index contributed by atoms with van der Waals surface area (Å²) < 4.78 is 16.4. The molecule has 0 fully saturated rings. The van der Waals surface area contributed by atoms with E-state index in [-0.39, 0.29) is 0 Å². The van der Waals surface area contributed by atoms with Crippen molar-refractivity contribution in [1.29, 1.82) is 0 Å². The van der Waals surface area contributed by atoms with E-state index >= 15 is 0 Å². The molecule has 1 atom stereocenters. The fourth-order valence-electron chi connectivity index (χ4n) is 3.25. The van der Waals surface area contributed by atoms with Gasteiger partial charge in [0, 0.05) is 22.1 Å². The van der Waals surface area contributed by atoms with E-state index < -0.39 is 17.4 Å². The lowest BCUT2D eigenvalue weighted by molar-refractivity contribution is -0.143. The van der Waals surface area contributed by atoms with Crippen molar-refractivity contribution in [3.63, 3.8) is 0 Å². The van der Waals surface area contributed by atoms with Crippen molar-refractivity contribution >= 4 is 33.4 Å². The third-order valence-electron chi connectivity index (χ3n) is 5.02. The van der Waals surface area contributed by atoms with Crippen LogP contribution < -0.4 is 9.47 Å². The Morgan fingerprint density at radius 1 is 1.00 bits per heavy atom. The zero-order valence-electron chi connectivity index (χ0n) is 16.6. The van der Waals surface area contributed by atoms with Gasteiger partial charge in [-0.25, -0.2) is 4.79 Å². The number of thiophene rings is 1. The second kappa shape index (κ2) is 8.13. The Hall–Kier alpha value is -3.06. The van der Waals surface area contributed by atoms with Crippen molar-refractivity contribution in [2.45, 2.75) is 18.8 Å². The van der Waals surface area contributed by atoms with Crippen molar-refractivity contribution < 1.29 is 28.9 Å². The molecular weight excluding hydrogens is 392 g/mol. The fourth-order valence-corrected chi connectivity index (χ4v) is 4.48. The molecule has 1 N–H and O–H groups in total. The summed E-state index contributed by atoms with van der Waals surface area (Å²) in [5, 5.41) is 11.0. The second-order valence-electron chi connectivity index (χ2n) is 6.84. The minimum atomic E-state index is -1.15. The van der Waals surface area contributed by atoms with Gasteiger partial charge in [0.15, 0.2) is 11.5 Å². The predicted molar refractivity (Wildman–Crippen MR) is 111 cm³/mol. The standard InChI is InChI=1S/C22H22O6S/c1-22(21(24)25,15-7-5-13(6-8-15)20(23)28-4)12-16-9-14-10-17(26-2)18(27-3)11-19(14)29-16/h5-11H,12H2,1-4H3,(H,24,25). The number of hydrogen-bond acceptors (Lipinski definition) is 6. The summed E-state index contributed by atoms with van der Waals surface area (Å²) in [4.78, 5) is 24.8. The molecule has 3 rings (SSSR count). The number of carbonyl (C=O) groups excluding carboxylic acids is 1. The van der Waals surface area contributed by atoms with E-state index in [1.165, 1.54) is 18.4 Å². The van der Waals surface area contributed by atoms with Gasteiger partial charge in [0.25, 0.3) is 0 Å². The molecule has 3 aromatic rings. The molecular formula is C22H22O6S. The molecule has 1 unspecified atom stereocenters. The van der Waals surface area contributed by atoms with Gasteiger partial charge < -0.3 is 19.3 Å². The number of benzene rings is 2. The van der Waals surface area contributed by atoms with Crippen LogP contribution in [0, 0.1) is 0 Å². The maximum atomic E-state index is 12.2. The van der Waals surface area contributed by atoms with Crippen LogP contribution in [0.15, 0.2) is 42.5 Å². The van der Waals surface area contributed by atoms with Crippen LogP contribution in [0.1, 0.15) is 27.7 Å². The number of fused-ring (bicyclic) bond motifs is 1. The molecule has 152 valence electrons. The van der Waals surface area contributed by atoms with Crippen LogP contribution in [0.3, 0.4) is 0 Å². The number of carboxylic acids is 1. The number of aliphatic carboxylic acids is 1. The van der Waals surface area contributed by atoms with E-state index in [4.69, 9.17) is 14.2 Å². The number of carboxylic acid groups (broad SMARTS) is 1. The Kier molecular flexibility index (Phi) is 5.79. The molecule has 2 aromatic carbocycles. The first kappa shape index (κ1) is 20.7. The molecule has 6 nitrogen and oxygen atoms in total. The minimum absolute atomic E-state index is 0.309. The van der Waals surface area contributed by atoms with E-state index in [1.54, 1.807) is 45.4 Å². The van der Waals surface area contributed by atoms with E-state index in [1.807, 2.05) is 18.2 Å². The Morgan fingerprint density at radius 2 is 1.62 bits per heavy atom. The first-order valence-corrected chi connectivity index (χ1v) is 9.70. The molecule has 0 spiro atoms. The molecule has 1 heterocycles. The highest BCUT2D eigenvalue weighted by atomic mass is 32.1. The highest BCUT2D eigenvalue weighted by Crippen LogP contribution is 2.39. The van der Waals surface area contributed by atoms with E-state index in [2.05, 4.69) is 0 Å². The lowest BCUT2D eigenvalue weighted by Gasteiger charge is -2.25. The molecule has 0 aliphatic heterocycles. The maximum Gasteiger partial charge on any atom is 0.337 e. The Bertz CT molecular complexity index is 1010. The van der Waals surface area contributed by atoms with Gasteiger partial charge in [-0.3, -0.25) is 4.79 Å².